The second-order valence-corrected chi connectivity index (χ2v) is 18.6. The number of para-hydroxylation sites is 1. The van der Waals surface area contributed by atoms with Crippen LogP contribution in [0.4, 0.5) is 0 Å². The molecule has 4 rings (SSSR count). The first kappa shape index (κ1) is 33.2. The van der Waals surface area contributed by atoms with Crippen LogP contribution in [0.5, 0.6) is 0 Å². The molecule has 0 amide bonds. The number of nitrogens with zero attached hydrogens (tertiary/aromatic N) is 1. The monoisotopic (exact) mass is 594 g/mol. The Hall–Kier alpha value is -2.71. The Balaban J connectivity index is 2.14. The van der Waals surface area contributed by atoms with E-state index in [1.807, 2.05) is 11.3 Å². The summed E-state index contributed by atoms with van der Waals surface area (Å²) in [6, 6.07) is 21.5. The van der Waals surface area contributed by atoms with Gasteiger partial charge in [-0.05, 0) is 67.2 Å². The predicted octanol–water partition coefficient (Wildman–Crippen LogP) is 11.8. The maximum Gasteiger partial charge on any atom is 0.230 e. The lowest BCUT2D eigenvalue weighted by Gasteiger charge is -2.27. The van der Waals surface area contributed by atoms with Crippen LogP contribution in [0.2, 0.25) is 0 Å². The van der Waals surface area contributed by atoms with E-state index in [2.05, 4.69) is 175 Å². The molecule has 2 heteroatoms. The molecule has 0 aliphatic rings. The topological polar surface area (TPSA) is 3.88 Å². The summed E-state index contributed by atoms with van der Waals surface area (Å²) in [5, 5.41) is 0. The second-order valence-electron chi connectivity index (χ2n) is 17.7. The molecule has 0 spiro atoms. The maximum atomic E-state index is 2.43. The Bertz CT molecular complexity index is 1450. The average molecular weight is 595 g/mol. The zero-order valence-electron chi connectivity index (χ0n) is 29.7. The highest BCUT2D eigenvalue weighted by Crippen LogP contribution is 2.41. The van der Waals surface area contributed by atoms with E-state index in [9.17, 15) is 0 Å². The molecule has 0 saturated heterocycles. The summed E-state index contributed by atoms with van der Waals surface area (Å²) in [5.74, 6) is 0. The lowest BCUT2D eigenvalue weighted by molar-refractivity contribution is -0.589. The molecule has 0 N–H and O–H groups in total. The van der Waals surface area contributed by atoms with E-state index in [0.29, 0.717) is 0 Å². The van der Waals surface area contributed by atoms with Crippen molar-refractivity contribution in [3.05, 3.63) is 93.4 Å². The van der Waals surface area contributed by atoms with Crippen molar-refractivity contribution in [2.45, 2.75) is 131 Å². The van der Waals surface area contributed by atoms with E-state index in [1.54, 1.807) is 0 Å². The van der Waals surface area contributed by atoms with E-state index in [-0.39, 0.29) is 27.1 Å². The van der Waals surface area contributed by atoms with Crippen LogP contribution in [-0.4, -0.2) is 0 Å². The minimum Gasteiger partial charge on any atom is -0.155 e. The van der Waals surface area contributed by atoms with E-state index in [0.717, 1.165) is 0 Å². The van der Waals surface area contributed by atoms with E-state index in [1.165, 1.54) is 55.1 Å². The van der Waals surface area contributed by atoms with Crippen molar-refractivity contribution in [1.82, 2.24) is 0 Å². The van der Waals surface area contributed by atoms with Gasteiger partial charge in [-0.25, -0.2) is 0 Å². The third-order valence-electron chi connectivity index (χ3n) is 8.54. The van der Waals surface area contributed by atoms with Crippen molar-refractivity contribution < 1.29 is 4.57 Å². The Kier molecular flexibility index (Phi) is 8.51. The van der Waals surface area contributed by atoms with Crippen molar-refractivity contribution >= 4 is 11.3 Å². The van der Waals surface area contributed by atoms with Gasteiger partial charge in [-0.1, -0.05) is 158 Å². The van der Waals surface area contributed by atoms with Crippen LogP contribution in [0.1, 0.15) is 131 Å². The molecular weight excluding hydrogens is 539 g/mol. The first-order valence-corrected chi connectivity index (χ1v) is 16.8. The Labute approximate surface area is 267 Å². The van der Waals surface area contributed by atoms with Crippen molar-refractivity contribution in [2.24, 2.45) is 0 Å². The number of rotatable bonds is 3. The number of hydrogen-bond acceptors (Lipinski definition) is 1. The van der Waals surface area contributed by atoms with Gasteiger partial charge in [0.05, 0.1) is 16.0 Å². The molecule has 0 radical (unpaired) electrons. The molecule has 0 unspecified atom stereocenters. The van der Waals surface area contributed by atoms with Crippen LogP contribution < -0.4 is 4.57 Å². The summed E-state index contributed by atoms with van der Waals surface area (Å²) in [7, 11) is 0. The van der Waals surface area contributed by atoms with Crippen LogP contribution in [-0.2, 0) is 27.1 Å². The summed E-state index contributed by atoms with van der Waals surface area (Å²) in [6.45, 7) is 34.8. The molecule has 3 aromatic carbocycles. The van der Waals surface area contributed by atoms with Gasteiger partial charge in [0.1, 0.15) is 0 Å². The highest BCUT2D eigenvalue weighted by atomic mass is 32.1. The molecule has 43 heavy (non-hydrogen) atoms. The molecule has 0 bridgehead atoms. The van der Waals surface area contributed by atoms with Crippen LogP contribution in [0.3, 0.4) is 0 Å². The minimum atomic E-state index is 0.0470. The highest BCUT2D eigenvalue weighted by Gasteiger charge is 2.29. The largest absolute Gasteiger partial charge is 0.230 e. The third-order valence-corrected chi connectivity index (χ3v) is 9.84. The van der Waals surface area contributed by atoms with Crippen LogP contribution in [0.15, 0.2) is 66.3 Å². The van der Waals surface area contributed by atoms with Crippen molar-refractivity contribution in [2.75, 3.05) is 0 Å². The number of aromatic nitrogens is 1. The van der Waals surface area contributed by atoms with E-state index < -0.39 is 0 Å². The quantitative estimate of drug-likeness (QED) is 0.208. The molecule has 230 valence electrons. The zero-order valence-corrected chi connectivity index (χ0v) is 30.5. The molecule has 0 saturated carbocycles. The molecular formula is C41H56NS+. The molecule has 1 aromatic heterocycles. The fourth-order valence-corrected chi connectivity index (χ4v) is 6.30. The Morgan fingerprint density at radius 1 is 0.465 bits per heavy atom. The fourth-order valence-electron chi connectivity index (χ4n) is 5.37. The summed E-state index contributed by atoms with van der Waals surface area (Å²) in [5.41, 5.74) is 14.5. The van der Waals surface area contributed by atoms with Crippen LogP contribution in [0, 0.1) is 0 Å². The van der Waals surface area contributed by atoms with E-state index >= 15 is 0 Å². The summed E-state index contributed by atoms with van der Waals surface area (Å²) < 4.78 is 2.40. The van der Waals surface area contributed by atoms with Gasteiger partial charge in [-0.2, -0.15) is 4.57 Å². The van der Waals surface area contributed by atoms with Crippen molar-refractivity contribution in [1.29, 1.82) is 0 Å². The van der Waals surface area contributed by atoms with Crippen LogP contribution in [0.25, 0.3) is 27.9 Å². The van der Waals surface area contributed by atoms with Crippen molar-refractivity contribution in [3.8, 4) is 27.9 Å². The van der Waals surface area contributed by atoms with Gasteiger partial charge in [-0.3, -0.25) is 0 Å². The minimum absolute atomic E-state index is 0.0470. The smallest absolute Gasteiger partial charge is 0.155 e. The summed E-state index contributed by atoms with van der Waals surface area (Å²) in [4.78, 5) is 1.38. The van der Waals surface area contributed by atoms with E-state index in [4.69, 9.17) is 0 Å². The molecule has 0 aliphatic carbocycles. The first-order chi connectivity index (χ1) is 19.5. The average Bonchev–Trinajstić information content (AvgIpc) is 3.36. The summed E-state index contributed by atoms with van der Waals surface area (Å²) in [6.07, 6.45) is 2.36. The number of benzene rings is 3. The zero-order chi connectivity index (χ0) is 32.3. The predicted molar refractivity (Wildman–Crippen MR) is 190 cm³/mol. The lowest BCUT2D eigenvalue weighted by atomic mass is 9.77. The van der Waals surface area contributed by atoms with Crippen molar-refractivity contribution in [3.63, 3.8) is 0 Å². The SMILES string of the molecule is CC(C)(C)c1cc(-c2cccc(-c3cc(C(C)(C)C)cc(C(C)(C)C)c3)c2-[n+]2csc(C(C)(C)C)c2)cc(C(C)(C)C)c1. The Morgan fingerprint density at radius 3 is 1.09 bits per heavy atom. The molecule has 4 aromatic rings. The molecule has 1 nitrogen and oxygen atoms in total. The first-order valence-electron chi connectivity index (χ1n) is 15.9. The van der Waals surface area contributed by atoms with Gasteiger partial charge in [0.25, 0.3) is 0 Å². The Morgan fingerprint density at radius 2 is 0.814 bits per heavy atom. The standard InChI is InChI=1S/C41H56NS/c1-37(2,3)29-19-27(20-30(23-29)38(4,5)6)33-17-16-18-34(36(33)42-25-35(43-26-42)41(13,14)15)28-21-31(39(7,8)9)24-32(22-28)40(10,11)12/h16-26H,1-15H3/q+1. The summed E-state index contributed by atoms with van der Waals surface area (Å²) >= 11 is 1.85. The lowest BCUT2D eigenvalue weighted by Crippen LogP contribution is -2.30. The van der Waals surface area contributed by atoms with Gasteiger partial charge >= 0.3 is 0 Å². The van der Waals surface area contributed by atoms with Gasteiger partial charge in [-0.15, -0.1) is 0 Å². The second kappa shape index (κ2) is 11.0. The van der Waals surface area contributed by atoms with Crippen LogP contribution >= 0.6 is 11.3 Å². The number of hydrogen-bond donors (Lipinski definition) is 0. The van der Waals surface area contributed by atoms with Gasteiger partial charge in [0, 0.05) is 5.41 Å². The fraction of sp³-hybridized carbons (Fsp3) is 0.488. The molecule has 0 fully saturated rings. The van der Waals surface area contributed by atoms with Gasteiger partial charge < -0.3 is 0 Å². The van der Waals surface area contributed by atoms with Gasteiger partial charge in [0.15, 0.2) is 6.20 Å². The maximum absolute atomic E-state index is 2.43. The number of thiazole rings is 1. The molecule has 0 atom stereocenters. The molecule has 1 heterocycles. The normalized spacial score (nSPS) is 13.5. The van der Waals surface area contributed by atoms with Gasteiger partial charge in [0.2, 0.25) is 11.2 Å². The molecule has 0 aliphatic heterocycles. The third kappa shape index (κ3) is 7.34. The highest BCUT2D eigenvalue weighted by molar-refractivity contribution is 7.09.